The Morgan fingerprint density at radius 1 is 1.62 bits per heavy atom. The van der Waals surface area contributed by atoms with Crippen molar-refractivity contribution in [2.45, 2.75) is 27.2 Å². The van der Waals surface area contributed by atoms with Crippen LogP contribution in [0.25, 0.3) is 5.57 Å². The third-order valence-electron chi connectivity index (χ3n) is 1.40. The van der Waals surface area contributed by atoms with E-state index in [-0.39, 0.29) is 0 Å². The first-order chi connectivity index (χ1) is 6.34. The normalized spacial score (nSPS) is 9.46. The van der Waals surface area contributed by atoms with Crippen molar-refractivity contribution < 1.29 is 0 Å². The summed E-state index contributed by atoms with van der Waals surface area (Å²) in [6.07, 6.45) is 6.82. The van der Waals surface area contributed by atoms with Gasteiger partial charge in [-0.2, -0.15) is 5.10 Å². The molecular weight excluding hydrogens is 160 g/mol. The monoisotopic (exact) mass is 178 g/mol. The summed E-state index contributed by atoms with van der Waals surface area (Å²) < 4.78 is 0. The largest absolute Gasteiger partial charge is 0.278 e. The average Bonchev–Trinajstić information content (AvgIpc) is 2.70. The van der Waals surface area contributed by atoms with E-state index in [1.165, 1.54) is 0 Å². The smallest absolute Gasteiger partial charge is 0.0644 e. The second-order valence-electron chi connectivity index (χ2n) is 2.31. The summed E-state index contributed by atoms with van der Waals surface area (Å²) in [5.74, 6) is 0. The molecular formula is C11H18N2. The van der Waals surface area contributed by atoms with Gasteiger partial charge in [-0.05, 0) is 18.1 Å². The predicted molar refractivity (Wildman–Crippen MR) is 58.4 cm³/mol. The predicted octanol–water partition coefficient (Wildman–Crippen LogP) is 3.42. The molecule has 2 heteroatoms. The number of hydrogen-bond donors (Lipinski definition) is 1. The van der Waals surface area contributed by atoms with E-state index < -0.39 is 0 Å². The maximum atomic E-state index is 3.88. The van der Waals surface area contributed by atoms with Gasteiger partial charge in [-0.15, -0.1) is 0 Å². The lowest BCUT2D eigenvalue weighted by molar-refractivity contribution is 1.08. The summed E-state index contributed by atoms with van der Waals surface area (Å²) in [7, 11) is 0. The zero-order valence-corrected chi connectivity index (χ0v) is 8.67. The van der Waals surface area contributed by atoms with E-state index >= 15 is 0 Å². The number of allylic oxidation sites excluding steroid dienone is 3. The second kappa shape index (κ2) is 7.35. The van der Waals surface area contributed by atoms with Crippen LogP contribution < -0.4 is 0 Å². The molecule has 0 aromatic carbocycles. The summed E-state index contributed by atoms with van der Waals surface area (Å²) in [4.78, 5) is 0. The second-order valence-corrected chi connectivity index (χ2v) is 2.31. The number of hydrogen-bond acceptors (Lipinski definition) is 1. The van der Waals surface area contributed by atoms with E-state index in [1.54, 1.807) is 6.20 Å². The van der Waals surface area contributed by atoms with Crippen molar-refractivity contribution in [3.05, 3.63) is 36.7 Å². The minimum absolute atomic E-state index is 0.976. The Balaban J connectivity index is 0.000000671. The molecule has 0 aliphatic rings. The summed E-state index contributed by atoms with van der Waals surface area (Å²) in [5.41, 5.74) is 1.96. The third kappa shape index (κ3) is 4.31. The lowest BCUT2D eigenvalue weighted by Gasteiger charge is -1.91. The van der Waals surface area contributed by atoms with Crippen molar-refractivity contribution in [2.75, 3.05) is 0 Å². The van der Waals surface area contributed by atoms with E-state index in [0.29, 0.717) is 0 Å². The number of H-pyrrole nitrogens is 1. The van der Waals surface area contributed by atoms with Crippen LogP contribution in [0.2, 0.25) is 0 Å². The zero-order valence-electron chi connectivity index (χ0n) is 8.67. The van der Waals surface area contributed by atoms with Gasteiger partial charge < -0.3 is 0 Å². The van der Waals surface area contributed by atoms with E-state index in [0.717, 1.165) is 17.7 Å². The molecule has 72 valence electrons. The quantitative estimate of drug-likeness (QED) is 0.706. The zero-order chi connectivity index (χ0) is 10.1. The van der Waals surface area contributed by atoms with Crippen molar-refractivity contribution in [3.8, 4) is 0 Å². The van der Waals surface area contributed by atoms with Gasteiger partial charge in [-0.1, -0.05) is 39.5 Å². The number of aromatic nitrogens is 2. The van der Waals surface area contributed by atoms with E-state index in [9.17, 15) is 0 Å². The van der Waals surface area contributed by atoms with Gasteiger partial charge >= 0.3 is 0 Å². The number of nitrogens with zero attached hydrogens (tertiary/aromatic N) is 1. The van der Waals surface area contributed by atoms with Crippen LogP contribution in [0.15, 0.2) is 31.0 Å². The molecule has 0 saturated carbocycles. The molecule has 0 aliphatic carbocycles. The molecule has 0 radical (unpaired) electrons. The standard InChI is InChI=1S/C9H12N2.C2H6/c1-3-4-5-8(2)9-6-7-10-11-9;1-2/h4-7H,2-3H2,1H3,(H,10,11);1-2H3/b5-4-;. The molecule has 1 N–H and O–H groups in total. The van der Waals surface area contributed by atoms with Gasteiger partial charge in [0.2, 0.25) is 0 Å². The molecule has 0 bridgehead atoms. The summed E-state index contributed by atoms with van der Waals surface area (Å²) >= 11 is 0. The first-order valence-corrected chi connectivity index (χ1v) is 4.69. The van der Waals surface area contributed by atoms with Crippen LogP contribution in [0.1, 0.15) is 32.9 Å². The molecule has 0 atom stereocenters. The minimum Gasteiger partial charge on any atom is -0.278 e. The summed E-state index contributed by atoms with van der Waals surface area (Å²) in [6, 6.07) is 1.91. The first kappa shape index (κ1) is 11.7. The molecule has 1 aromatic rings. The molecule has 0 spiro atoms. The van der Waals surface area contributed by atoms with Crippen LogP contribution >= 0.6 is 0 Å². The van der Waals surface area contributed by atoms with Crippen molar-refractivity contribution in [3.63, 3.8) is 0 Å². The van der Waals surface area contributed by atoms with Crippen LogP contribution in [0.5, 0.6) is 0 Å². The lowest BCUT2D eigenvalue weighted by atomic mass is 10.2. The van der Waals surface area contributed by atoms with Crippen molar-refractivity contribution in [1.29, 1.82) is 0 Å². The van der Waals surface area contributed by atoms with Crippen LogP contribution in [-0.4, -0.2) is 10.2 Å². The highest BCUT2D eigenvalue weighted by Crippen LogP contribution is 2.08. The molecule has 1 aromatic heterocycles. The Bertz CT molecular complexity index is 245. The maximum Gasteiger partial charge on any atom is 0.0644 e. The van der Waals surface area contributed by atoms with Gasteiger partial charge in [0.15, 0.2) is 0 Å². The molecule has 2 nitrogen and oxygen atoms in total. The van der Waals surface area contributed by atoms with Gasteiger partial charge in [0.25, 0.3) is 0 Å². The Labute approximate surface area is 80.4 Å². The number of aromatic amines is 1. The molecule has 0 saturated heterocycles. The van der Waals surface area contributed by atoms with E-state index in [1.807, 2.05) is 26.0 Å². The van der Waals surface area contributed by atoms with Gasteiger partial charge in [0.1, 0.15) is 0 Å². The van der Waals surface area contributed by atoms with Gasteiger partial charge in [0.05, 0.1) is 5.69 Å². The van der Waals surface area contributed by atoms with Gasteiger partial charge in [-0.3, -0.25) is 5.10 Å². The molecule has 1 rings (SSSR count). The Hall–Kier alpha value is -1.31. The highest BCUT2D eigenvalue weighted by Gasteiger charge is 1.92. The van der Waals surface area contributed by atoms with Gasteiger partial charge in [-0.25, -0.2) is 0 Å². The fraction of sp³-hybridized carbons (Fsp3) is 0.364. The average molecular weight is 178 g/mol. The van der Waals surface area contributed by atoms with Crippen LogP contribution in [0.4, 0.5) is 0 Å². The highest BCUT2D eigenvalue weighted by molar-refractivity contribution is 5.68. The summed E-state index contributed by atoms with van der Waals surface area (Å²) in [6.45, 7) is 9.97. The Kier molecular flexibility index (Phi) is 6.60. The molecule has 13 heavy (non-hydrogen) atoms. The fourth-order valence-corrected chi connectivity index (χ4v) is 0.785. The van der Waals surface area contributed by atoms with Crippen LogP contribution in [-0.2, 0) is 0 Å². The third-order valence-corrected chi connectivity index (χ3v) is 1.40. The van der Waals surface area contributed by atoms with Crippen molar-refractivity contribution in [1.82, 2.24) is 10.2 Å². The number of nitrogens with one attached hydrogen (secondary N) is 1. The van der Waals surface area contributed by atoms with E-state index in [4.69, 9.17) is 0 Å². The van der Waals surface area contributed by atoms with Crippen LogP contribution in [0, 0.1) is 0 Å². The Morgan fingerprint density at radius 3 is 2.77 bits per heavy atom. The van der Waals surface area contributed by atoms with Crippen molar-refractivity contribution >= 4 is 5.57 Å². The molecule has 0 fully saturated rings. The molecule has 0 aliphatic heterocycles. The number of rotatable bonds is 3. The SMILES string of the molecule is C=C(/C=C\CC)c1ccn[nH]1.CC. The van der Waals surface area contributed by atoms with Crippen molar-refractivity contribution in [2.24, 2.45) is 0 Å². The minimum atomic E-state index is 0.976. The maximum absolute atomic E-state index is 3.88. The molecule has 0 unspecified atom stereocenters. The highest BCUT2D eigenvalue weighted by atomic mass is 15.1. The molecule has 0 amide bonds. The fourth-order valence-electron chi connectivity index (χ4n) is 0.785. The topological polar surface area (TPSA) is 28.7 Å². The summed E-state index contributed by atoms with van der Waals surface area (Å²) in [5, 5.41) is 6.68. The van der Waals surface area contributed by atoms with Crippen LogP contribution in [0.3, 0.4) is 0 Å². The lowest BCUT2D eigenvalue weighted by Crippen LogP contribution is -1.77. The molecule has 1 heterocycles. The Morgan fingerprint density at radius 2 is 2.31 bits per heavy atom. The van der Waals surface area contributed by atoms with Gasteiger partial charge in [0, 0.05) is 6.20 Å². The van der Waals surface area contributed by atoms with E-state index in [2.05, 4.69) is 29.8 Å². The first-order valence-electron chi connectivity index (χ1n) is 4.69.